The monoisotopic (exact) mass is 204 g/mol. The van der Waals surface area contributed by atoms with E-state index < -0.39 is 0 Å². The Kier molecular flexibility index (Phi) is 80.9. The summed E-state index contributed by atoms with van der Waals surface area (Å²) in [5, 5.41) is 0. The molecular weight excluding hydrogens is 203 g/mol. The van der Waals surface area contributed by atoms with Crippen molar-refractivity contribution in [1.82, 2.24) is 0 Å². The van der Waals surface area contributed by atoms with Crippen molar-refractivity contribution in [1.29, 1.82) is 0 Å². The summed E-state index contributed by atoms with van der Waals surface area (Å²) < 4.78 is 16.4. The number of hydrogen-bond donors (Lipinski definition) is 0. The Hall–Kier alpha value is 0.990. The number of hydrogen-bond acceptors (Lipinski definition) is 2. The fourth-order valence-electron chi connectivity index (χ4n) is 0. The van der Waals surface area contributed by atoms with Crippen molar-refractivity contribution in [3.8, 4) is 0 Å². The molecule has 0 N–H and O–H groups in total. The van der Waals surface area contributed by atoms with Crippen molar-refractivity contribution in [2.75, 3.05) is 0 Å². The maximum absolute atomic E-state index is 8.42. The van der Waals surface area contributed by atoms with Crippen LogP contribution in [0.1, 0.15) is 0 Å². The topological polar surface area (TPSA) is 34.1 Å². The van der Waals surface area contributed by atoms with Gasteiger partial charge in [-0.25, -0.2) is 0 Å². The van der Waals surface area contributed by atoms with Gasteiger partial charge in [-0.3, -0.25) is 0 Å². The molecular formula is HFeInO2. The third-order valence-electron chi connectivity index (χ3n) is 0. The normalized spacial score (nSPS) is 2.00. The molecule has 0 saturated heterocycles. The van der Waals surface area contributed by atoms with Gasteiger partial charge in [0.15, 0.2) is 0 Å². The van der Waals surface area contributed by atoms with Crippen LogP contribution in [0.15, 0.2) is 0 Å². The quantitative estimate of drug-likeness (QED) is 0.479. The van der Waals surface area contributed by atoms with E-state index in [1.165, 1.54) is 0 Å². The standard InChI is InChI=1S/Fe.In.2O.H. The van der Waals surface area contributed by atoms with E-state index in [0.29, 0.717) is 0 Å². The molecule has 0 aromatic rings. The first-order valence-electron chi connectivity index (χ1n) is 0.433. The van der Waals surface area contributed by atoms with Crippen LogP contribution in [-0.2, 0) is 22.6 Å². The molecule has 0 heterocycles. The third kappa shape index (κ3) is 12.1. The average molecular weight is 204 g/mol. The minimum atomic E-state index is -0.1000. The maximum atomic E-state index is 8.42. The average Bonchev–Trinajstić information content (AvgIpc) is 1.50. The van der Waals surface area contributed by atoms with Crippen LogP contribution in [0, 0.1) is 0 Å². The van der Waals surface area contributed by atoms with Crippen LogP contribution in [0.2, 0.25) is 0 Å². The van der Waals surface area contributed by atoms with Gasteiger partial charge in [-0.05, 0) is 0 Å². The summed E-state index contributed by atoms with van der Waals surface area (Å²) in [5.74, 6) is 0. The molecule has 0 bridgehead atoms. The van der Waals surface area contributed by atoms with E-state index in [0.717, 1.165) is 0 Å². The Bertz CT molecular complexity index is 8.00. The van der Waals surface area contributed by atoms with Crippen LogP contribution in [-0.4, -0.2) is 24.4 Å². The minimum absolute atomic E-state index is 0.1000. The molecule has 0 aliphatic carbocycles. The van der Waals surface area contributed by atoms with E-state index >= 15 is 0 Å². The van der Waals surface area contributed by atoms with Crippen molar-refractivity contribution in [3.05, 3.63) is 0 Å². The van der Waals surface area contributed by atoms with E-state index in [1.807, 2.05) is 15.9 Å². The molecule has 0 fully saturated rings. The molecule has 4 heavy (non-hydrogen) atoms. The zero-order valence-electron chi connectivity index (χ0n) is 1.88. The summed E-state index contributed by atoms with van der Waals surface area (Å²) >= 11 is 1.90. The first-order valence-corrected chi connectivity index (χ1v) is 2.53. The molecule has 0 aromatic heterocycles. The van der Waals surface area contributed by atoms with Crippen LogP contribution in [0.4, 0.5) is 0 Å². The van der Waals surface area contributed by atoms with Crippen LogP contribution >= 0.6 is 0 Å². The van der Waals surface area contributed by atoms with Crippen molar-refractivity contribution in [2.24, 2.45) is 0 Å². The zero-order chi connectivity index (χ0) is 4.00. The van der Waals surface area contributed by atoms with Gasteiger partial charge in [0.05, 0.1) is 0 Å². The predicted molar refractivity (Wildman–Crippen MR) is 8.52 cm³/mol. The summed E-state index contributed by atoms with van der Waals surface area (Å²) in [6, 6.07) is 0. The van der Waals surface area contributed by atoms with Crippen LogP contribution in [0.3, 0.4) is 0 Å². The molecule has 0 aliphatic heterocycles. The van der Waals surface area contributed by atoms with Crippen molar-refractivity contribution in [2.45, 2.75) is 0 Å². The zero-order valence-corrected chi connectivity index (χ0v) is 7.02. The Balaban J connectivity index is 0. The Labute approximate surface area is 47.0 Å². The molecule has 0 spiro atoms. The van der Waals surface area contributed by atoms with E-state index in [4.69, 9.17) is 6.69 Å². The second-order valence-electron chi connectivity index (χ2n) is 0. The summed E-state index contributed by atoms with van der Waals surface area (Å²) in [6.45, 7) is 0. The number of rotatable bonds is 0. The van der Waals surface area contributed by atoms with E-state index in [-0.39, 0.29) is 24.4 Å². The molecule has 0 rings (SSSR count). The van der Waals surface area contributed by atoms with Gasteiger partial charge in [-0.15, -0.1) is 0 Å². The molecule has 0 radical (unpaired) electrons. The SMILES string of the molecule is [O]=[Fe].[O]=[InH]. The van der Waals surface area contributed by atoms with Crippen LogP contribution in [0.25, 0.3) is 0 Å². The Morgan fingerprint density at radius 3 is 1.25 bits per heavy atom. The van der Waals surface area contributed by atoms with Gasteiger partial charge in [0.2, 0.25) is 0 Å². The molecule has 2 nitrogen and oxygen atoms in total. The molecule has 0 saturated carbocycles. The van der Waals surface area contributed by atoms with Crippen LogP contribution in [0.5, 0.6) is 0 Å². The van der Waals surface area contributed by atoms with Gasteiger partial charge in [-0.2, -0.15) is 0 Å². The second kappa shape index (κ2) is 36.4. The van der Waals surface area contributed by atoms with Gasteiger partial charge in [0.1, 0.15) is 0 Å². The molecule has 4 heteroatoms. The molecule has 0 unspecified atom stereocenters. The van der Waals surface area contributed by atoms with Gasteiger partial charge in [0, 0.05) is 0 Å². The molecule has 0 amide bonds. The fourth-order valence-corrected chi connectivity index (χ4v) is 0. The summed E-state index contributed by atoms with van der Waals surface area (Å²) in [4.78, 5) is 0. The molecule has 0 aliphatic rings. The van der Waals surface area contributed by atoms with E-state index in [9.17, 15) is 0 Å². The summed E-state index contributed by atoms with van der Waals surface area (Å²) in [5.41, 5.74) is 0. The fraction of sp³-hybridized carbons (Fsp3) is 0. The summed E-state index contributed by atoms with van der Waals surface area (Å²) in [7, 11) is 0. The van der Waals surface area contributed by atoms with Crippen molar-refractivity contribution < 1.29 is 22.6 Å². The van der Waals surface area contributed by atoms with Gasteiger partial charge < -0.3 is 0 Å². The van der Waals surface area contributed by atoms with Crippen molar-refractivity contribution >= 4 is 24.4 Å². The van der Waals surface area contributed by atoms with Crippen LogP contribution < -0.4 is 0 Å². The molecule has 0 aromatic carbocycles. The summed E-state index contributed by atoms with van der Waals surface area (Å²) in [6.07, 6.45) is 0. The Morgan fingerprint density at radius 1 is 1.25 bits per heavy atom. The first-order chi connectivity index (χ1) is 2.00. The molecule has 0 atom stereocenters. The molecule has 24 valence electrons. The van der Waals surface area contributed by atoms with E-state index in [2.05, 4.69) is 0 Å². The van der Waals surface area contributed by atoms with Gasteiger partial charge >= 0.3 is 47.0 Å². The predicted octanol–water partition coefficient (Wildman–Crippen LogP) is -0.889. The van der Waals surface area contributed by atoms with Crippen molar-refractivity contribution in [3.63, 3.8) is 0 Å². The third-order valence-corrected chi connectivity index (χ3v) is 0. The second-order valence-corrected chi connectivity index (χ2v) is 0. The Morgan fingerprint density at radius 2 is 1.25 bits per heavy atom. The van der Waals surface area contributed by atoms with Gasteiger partial charge in [-0.1, -0.05) is 0 Å². The van der Waals surface area contributed by atoms with E-state index in [1.54, 1.807) is 0 Å². The van der Waals surface area contributed by atoms with Gasteiger partial charge in [0.25, 0.3) is 0 Å². The first kappa shape index (κ1) is 8.89.